The van der Waals surface area contributed by atoms with E-state index in [1.165, 1.54) is 18.3 Å². The highest BCUT2D eigenvalue weighted by atomic mass is 32.2. The second kappa shape index (κ2) is 7.47. The minimum Gasteiger partial charge on any atom is -0.324 e. The lowest BCUT2D eigenvalue weighted by Crippen LogP contribution is -2.32. The van der Waals surface area contributed by atoms with E-state index in [1.807, 2.05) is 39.0 Å². The summed E-state index contributed by atoms with van der Waals surface area (Å²) in [6, 6.07) is 11.9. The average Bonchev–Trinajstić information content (AvgIpc) is 2.99. The normalized spacial score (nSPS) is 11.4. The SMILES string of the molecule is Cc1ccc(S(=O)(=O)n2ccn(CC(=O)Nc3cc(C)ccc3C)c2=O)cc1. The van der Waals surface area contributed by atoms with Crippen LogP contribution in [0.25, 0.3) is 0 Å². The summed E-state index contributed by atoms with van der Waals surface area (Å²) < 4.78 is 27.1. The molecule has 8 heteroatoms. The minimum absolute atomic E-state index is 0.0118. The van der Waals surface area contributed by atoms with Gasteiger partial charge in [0, 0.05) is 18.1 Å². The van der Waals surface area contributed by atoms with Gasteiger partial charge in [0.25, 0.3) is 10.0 Å². The lowest BCUT2D eigenvalue weighted by atomic mass is 10.1. The molecule has 1 N–H and O–H groups in total. The first-order valence-corrected chi connectivity index (χ1v) is 10.1. The Balaban J connectivity index is 1.83. The number of carbonyl (C=O) groups is 1. The zero-order chi connectivity index (χ0) is 20.5. The van der Waals surface area contributed by atoms with Crippen LogP contribution in [0, 0.1) is 20.8 Å². The van der Waals surface area contributed by atoms with Gasteiger partial charge < -0.3 is 5.32 Å². The molecule has 0 spiro atoms. The number of anilines is 1. The molecule has 1 aromatic heterocycles. The van der Waals surface area contributed by atoms with Crippen molar-refractivity contribution in [3.05, 3.63) is 82.0 Å². The number of benzene rings is 2. The maximum absolute atomic E-state index is 12.7. The number of hydrogen-bond donors (Lipinski definition) is 1. The van der Waals surface area contributed by atoms with Gasteiger partial charge in [-0.15, -0.1) is 0 Å². The molecule has 1 heterocycles. The van der Waals surface area contributed by atoms with Crippen molar-refractivity contribution in [2.45, 2.75) is 32.2 Å². The Morgan fingerprint density at radius 1 is 0.964 bits per heavy atom. The van der Waals surface area contributed by atoms with Crippen molar-refractivity contribution >= 4 is 21.6 Å². The Bertz CT molecular complexity index is 1190. The predicted molar refractivity (Wildman–Crippen MR) is 107 cm³/mol. The lowest BCUT2D eigenvalue weighted by Gasteiger charge is -2.09. The second-order valence-corrected chi connectivity index (χ2v) is 8.50. The maximum Gasteiger partial charge on any atom is 0.342 e. The quantitative estimate of drug-likeness (QED) is 0.714. The first-order chi connectivity index (χ1) is 13.2. The first kappa shape index (κ1) is 19.6. The fourth-order valence-corrected chi connectivity index (χ4v) is 3.97. The van der Waals surface area contributed by atoms with Crippen molar-refractivity contribution in [3.63, 3.8) is 0 Å². The van der Waals surface area contributed by atoms with E-state index in [0.717, 1.165) is 27.5 Å². The highest BCUT2D eigenvalue weighted by Crippen LogP contribution is 2.16. The lowest BCUT2D eigenvalue weighted by molar-refractivity contribution is -0.116. The van der Waals surface area contributed by atoms with E-state index in [-0.39, 0.29) is 11.4 Å². The molecular formula is C20H21N3O4S. The zero-order valence-corrected chi connectivity index (χ0v) is 16.7. The first-order valence-electron chi connectivity index (χ1n) is 8.65. The number of nitrogens with one attached hydrogen (secondary N) is 1. The van der Waals surface area contributed by atoms with Crippen LogP contribution in [0.1, 0.15) is 16.7 Å². The van der Waals surface area contributed by atoms with Gasteiger partial charge in [-0.25, -0.2) is 13.2 Å². The summed E-state index contributed by atoms with van der Waals surface area (Å²) in [4.78, 5) is 24.9. The summed E-state index contributed by atoms with van der Waals surface area (Å²) in [6.45, 7) is 5.33. The van der Waals surface area contributed by atoms with Gasteiger partial charge in [0.15, 0.2) is 0 Å². The van der Waals surface area contributed by atoms with E-state index >= 15 is 0 Å². The van der Waals surface area contributed by atoms with Gasteiger partial charge in [0.2, 0.25) is 5.91 Å². The molecule has 0 saturated heterocycles. The number of aryl methyl sites for hydroxylation is 3. The molecule has 2 aromatic carbocycles. The predicted octanol–water partition coefficient (Wildman–Crippen LogP) is 2.45. The third kappa shape index (κ3) is 3.91. The summed E-state index contributed by atoms with van der Waals surface area (Å²) in [7, 11) is -4.02. The molecule has 3 rings (SSSR count). The zero-order valence-electron chi connectivity index (χ0n) is 15.8. The molecule has 28 heavy (non-hydrogen) atoms. The number of nitrogens with zero attached hydrogens (tertiary/aromatic N) is 2. The summed E-state index contributed by atoms with van der Waals surface area (Å²) in [6.07, 6.45) is 2.44. The summed E-state index contributed by atoms with van der Waals surface area (Å²) in [5.41, 5.74) is 2.66. The molecule has 0 bridgehead atoms. The van der Waals surface area contributed by atoms with E-state index in [2.05, 4.69) is 5.32 Å². The number of aromatic nitrogens is 2. The van der Waals surface area contributed by atoms with Crippen molar-refractivity contribution in [1.82, 2.24) is 8.54 Å². The van der Waals surface area contributed by atoms with Crippen LogP contribution < -0.4 is 11.0 Å². The molecule has 0 radical (unpaired) electrons. The van der Waals surface area contributed by atoms with Crippen molar-refractivity contribution < 1.29 is 13.2 Å². The van der Waals surface area contributed by atoms with E-state index in [4.69, 9.17) is 0 Å². The van der Waals surface area contributed by atoms with Crippen molar-refractivity contribution in [2.24, 2.45) is 0 Å². The van der Waals surface area contributed by atoms with E-state index in [9.17, 15) is 18.0 Å². The largest absolute Gasteiger partial charge is 0.342 e. The molecule has 0 aliphatic carbocycles. The summed E-state index contributed by atoms with van der Waals surface area (Å²) >= 11 is 0. The van der Waals surface area contributed by atoms with Crippen LogP contribution in [-0.2, 0) is 21.4 Å². The third-order valence-electron chi connectivity index (χ3n) is 4.38. The summed E-state index contributed by atoms with van der Waals surface area (Å²) in [5.74, 6) is -0.415. The Morgan fingerprint density at radius 3 is 2.29 bits per heavy atom. The van der Waals surface area contributed by atoms with Gasteiger partial charge >= 0.3 is 5.69 Å². The molecule has 7 nitrogen and oxygen atoms in total. The van der Waals surface area contributed by atoms with E-state index in [1.54, 1.807) is 12.1 Å². The van der Waals surface area contributed by atoms with Crippen molar-refractivity contribution in [1.29, 1.82) is 0 Å². The fourth-order valence-electron chi connectivity index (χ4n) is 2.74. The Kier molecular flexibility index (Phi) is 5.24. The van der Waals surface area contributed by atoms with E-state index < -0.39 is 21.6 Å². The molecular weight excluding hydrogens is 378 g/mol. The van der Waals surface area contributed by atoms with Crippen LogP contribution >= 0.6 is 0 Å². The van der Waals surface area contributed by atoms with Gasteiger partial charge in [-0.1, -0.05) is 29.8 Å². The molecule has 0 unspecified atom stereocenters. The standard InChI is InChI=1S/C20H21N3O4S/c1-14-5-8-17(9-6-14)28(26,27)23-11-10-22(20(23)25)13-19(24)21-18-12-15(2)4-7-16(18)3/h4-12H,13H2,1-3H3,(H,21,24). The number of amides is 1. The molecule has 0 atom stereocenters. The van der Waals surface area contributed by atoms with E-state index in [0.29, 0.717) is 9.66 Å². The fraction of sp³-hybridized carbons (Fsp3) is 0.200. The Labute approximate surface area is 163 Å². The van der Waals surface area contributed by atoms with Gasteiger partial charge in [-0.3, -0.25) is 9.36 Å². The highest BCUT2D eigenvalue weighted by molar-refractivity contribution is 7.90. The minimum atomic E-state index is -4.02. The monoisotopic (exact) mass is 399 g/mol. The number of rotatable bonds is 5. The van der Waals surface area contributed by atoms with Gasteiger partial charge in [-0.05, 0) is 50.1 Å². The number of hydrogen-bond acceptors (Lipinski definition) is 4. The molecule has 0 fully saturated rings. The van der Waals surface area contributed by atoms with Gasteiger partial charge in [-0.2, -0.15) is 3.97 Å². The molecule has 146 valence electrons. The summed E-state index contributed by atoms with van der Waals surface area (Å²) in [5, 5.41) is 2.76. The number of imidazole rings is 1. The average molecular weight is 399 g/mol. The van der Waals surface area contributed by atoms with Crippen LogP contribution in [-0.4, -0.2) is 22.9 Å². The molecule has 1 amide bonds. The molecule has 0 aliphatic rings. The third-order valence-corrected chi connectivity index (χ3v) is 6.04. The Hall–Kier alpha value is -3.13. The molecule has 3 aromatic rings. The topological polar surface area (TPSA) is 90.2 Å². The highest BCUT2D eigenvalue weighted by Gasteiger charge is 2.21. The smallest absolute Gasteiger partial charge is 0.324 e. The Morgan fingerprint density at radius 2 is 1.61 bits per heavy atom. The van der Waals surface area contributed by atoms with Crippen molar-refractivity contribution in [3.8, 4) is 0 Å². The van der Waals surface area contributed by atoms with Crippen LogP contribution in [0.2, 0.25) is 0 Å². The van der Waals surface area contributed by atoms with Crippen LogP contribution in [0.5, 0.6) is 0 Å². The maximum atomic E-state index is 12.7. The van der Waals surface area contributed by atoms with Crippen molar-refractivity contribution in [2.75, 3.05) is 5.32 Å². The second-order valence-electron chi connectivity index (χ2n) is 6.69. The molecule has 0 saturated carbocycles. The van der Waals surface area contributed by atoms with Gasteiger partial charge in [0.05, 0.1) is 4.90 Å². The van der Waals surface area contributed by atoms with Gasteiger partial charge in [0.1, 0.15) is 6.54 Å². The molecule has 0 aliphatic heterocycles. The van der Waals surface area contributed by atoms with Crippen LogP contribution in [0.15, 0.2) is 64.5 Å². The van der Waals surface area contributed by atoms with Crippen LogP contribution in [0.3, 0.4) is 0 Å². The van der Waals surface area contributed by atoms with Crippen LogP contribution in [0.4, 0.5) is 5.69 Å². The number of carbonyl (C=O) groups excluding carboxylic acids is 1.